The van der Waals surface area contributed by atoms with Crippen molar-refractivity contribution in [2.45, 2.75) is 38.0 Å². The summed E-state index contributed by atoms with van der Waals surface area (Å²) in [6, 6.07) is 20.4. The van der Waals surface area contributed by atoms with Gasteiger partial charge < -0.3 is 14.6 Å². The van der Waals surface area contributed by atoms with Gasteiger partial charge in [-0.2, -0.15) is 0 Å². The van der Waals surface area contributed by atoms with Crippen molar-refractivity contribution in [3.8, 4) is 5.75 Å². The third-order valence-electron chi connectivity index (χ3n) is 6.19. The summed E-state index contributed by atoms with van der Waals surface area (Å²) in [5.74, 6) is 0.752. The van der Waals surface area contributed by atoms with Crippen LogP contribution in [0.25, 0.3) is 0 Å². The number of benzene rings is 3. The highest BCUT2D eigenvalue weighted by Crippen LogP contribution is 2.33. The van der Waals surface area contributed by atoms with E-state index in [2.05, 4.69) is 26.8 Å². The number of amides is 1. The number of aliphatic imine (C=N–C) groups is 1. The molecule has 10 heteroatoms. The minimum Gasteiger partial charge on any atom is -0.494 e. The maximum atomic E-state index is 13.7. The van der Waals surface area contributed by atoms with Crippen molar-refractivity contribution >= 4 is 50.9 Å². The van der Waals surface area contributed by atoms with Crippen molar-refractivity contribution in [3.63, 3.8) is 0 Å². The summed E-state index contributed by atoms with van der Waals surface area (Å²) < 4.78 is 12.7. The lowest BCUT2D eigenvalue weighted by Crippen LogP contribution is -2.55. The molecular weight excluding hydrogens is 593 g/mol. The van der Waals surface area contributed by atoms with Crippen LogP contribution in [0.4, 0.5) is 0 Å². The molecule has 0 aliphatic carbocycles. The van der Waals surface area contributed by atoms with E-state index in [0.717, 1.165) is 21.2 Å². The Hall–Kier alpha value is -2.62. The van der Waals surface area contributed by atoms with Gasteiger partial charge in [-0.15, -0.1) is 0 Å². The molecule has 0 spiro atoms. The smallest absolute Gasteiger partial charge is 0.266 e. The molecule has 0 aromatic heterocycles. The molecule has 0 saturated heterocycles. The minimum atomic E-state index is -1.20. The number of nitrogens with one attached hydrogen (secondary N) is 2. The van der Waals surface area contributed by atoms with Crippen LogP contribution >= 0.6 is 39.1 Å². The van der Waals surface area contributed by atoms with Crippen molar-refractivity contribution in [1.29, 1.82) is 0 Å². The number of aliphatic hydroxyl groups is 1. The zero-order chi connectivity index (χ0) is 27.1. The van der Waals surface area contributed by atoms with Gasteiger partial charge in [0.05, 0.1) is 16.7 Å². The average molecular weight is 621 g/mol. The van der Waals surface area contributed by atoms with E-state index in [9.17, 15) is 4.79 Å². The molecule has 1 aliphatic heterocycles. The fourth-order valence-electron chi connectivity index (χ4n) is 4.04. The fourth-order valence-corrected chi connectivity index (χ4v) is 4.63. The zero-order valence-corrected chi connectivity index (χ0v) is 23.8. The van der Waals surface area contributed by atoms with Crippen molar-refractivity contribution in [1.82, 2.24) is 10.9 Å². The number of aliphatic hydroxyl groups excluding tert-OH is 1. The van der Waals surface area contributed by atoms with E-state index in [1.807, 2.05) is 61.5 Å². The molecule has 0 radical (unpaired) electrons. The largest absolute Gasteiger partial charge is 0.494 e. The maximum absolute atomic E-state index is 13.7. The quantitative estimate of drug-likeness (QED) is 0.195. The first-order valence-corrected chi connectivity index (χ1v) is 13.7. The Bertz CT molecular complexity index is 1290. The molecule has 0 bridgehead atoms. The Morgan fingerprint density at radius 2 is 1.79 bits per heavy atom. The molecule has 3 N–H and O–H groups in total. The number of carbonyl (C=O) groups excluding carboxylic acids is 1. The molecule has 7 nitrogen and oxygen atoms in total. The molecule has 1 amide bonds. The number of hydrogen-bond acceptors (Lipinski definition) is 6. The SMILES string of the molecule is C[C@@H]1OC(c2ccc(OCCCO)cc2)=N[C@]1(Cc1ccc(Br)cc1)C(=O)NNCc1ccc(Cl)c(Cl)c1. The van der Waals surface area contributed by atoms with E-state index in [1.165, 1.54) is 0 Å². The standard InChI is InChI=1S/C28H28BrCl2N3O4/c1-18-28(16-19-3-8-22(29)9-4-19,27(36)34-32-17-20-5-12-24(30)25(31)15-20)33-26(38-18)21-6-10-23(11-7-21)37-14-2-13-35/h3-12,15,18,32,35H,2,13-14,16-17H2,1H3,(H,34,36)/t18-,28-/m0/s1. The van der Waals surface area contributed by atoms with Crippen LogP contribution in [0, 0.1) is 0 Å². The van der Waals surface area contributed by atoms with Crippen molar-refractivity contribution in [2.24, 2.45) is 4.99 Å². The van der Waals surface area contributed by atoms with E-state index < -0.39 is 11.6 Å². The topological polar surface area (TPSA) is 92.2 Å². The summed E-state index contributed by atoms with van der Waals surface area (Å²) in [5.41, 5.74) is 7.14. The van der Waals surface area contributed by atoms with E-state index in [1.54, 1.807) is 12.1 Å². The molecular formula is C28H28BrCl2N3O4. The van der Waals surface area contributed by atoms with Gasteiger partial charge in [-0.1, -0.05) is 57.3 Å². The van der Waals surface area contributed by atoms with Gasteiger partial charge in [-0.25, -0.2) is 10.4 Å². The lowest BCUT2D eigenvalue weighted by molar-refractivity contribution is -0.129. The number of nitrogens with zero attached hydrogens (tertiary/aromatic N) is 1. The molecule has 1 aliphatic rings. The summed E-state index contributed by atoms with van der Waals surface area (Å²) in [7, 11) is 0. The molecule has 0 fully saturated rings. The van der Waals surface area contributed by atoms with Gasteiger partial charge in [0.2, 0.25) is 5.90 Å². The molecule has 38 heavy (non-hydrogen) atoms. The highest BCUT2D eigenvalue weighted by molar-refractivity contribution is 9.10. The van der Waals surface area contributed by atoms with Gasteiger partial charge in [-0.3, -0.25) is 10.2 Å². The van der Waals surface area contributed by atoms with Crippen molar-refractivity contribution in [3.05, 3.63) is 97.9 Å². The van der Waals surface area contributed by atoms with E-state index in [-0.39, 0.29) is 12.5 Å². The number of ether oxygens (including phenoxy) is 2. The predicted molar refractivity (Wildman–Crippen MR) is 153 cm³/mol. The third-order valence-corrected chi connectivity index (χ3v) is 7.46. The second-order valence-corrected chi connectivity index (χ2v) is 10.6. The van der Waals surface area contributed by atoms with Crippen molar-refractivity contribution < 1.29 is 19.4 Å². The number of rotatable bonds is 11. The fraction of sp³-hybridized carbons (Fsp3) is 0.286. The normalized spacial score (nSPS) is 18.6. The van der Waals surface area contributed by atoms with E-state index >= 15 is 0 Å². The van der Waals surface area contributed by atoms with Crippen LogP contribution in [-0.4, -0.2) is 41.8 Å². The summed E-state index contributed by atoms with van der Waals surface area (Å²) in [4.78, 5) is 18.5. The Labute approximate surface area is 240 Å². The second-order valence-electron chi connectivity index (χ2n) is 8.91. The number of halogens is 3. The Morgan fingerprint density at radius 3 is 2.47 bits per heavy atom. The number of hydrazine groups is 1. The number of hydrogen-bond donors (Lipinski definition) is 3. The Balaban J connectivity index is 1.55. The first-order chi connectivity index (χ1) is 18.3. The molecule has 0 saturated carbocycles. The Morgan fingerprint density at radius 1 is 1.08 bits per heavy atom. The number of carbonyl (C=O) groups is 1. The van der Waals surface area contributed by atoms with Crippen LogP contribution < -0.4 is 15.6 Å². The molecule has 3 aromatic carbocycles. The van der Waals surface area contributed by atoms with Crippen LogP contribution in [0.15, 0.2) is 76.2 Å². The Kier molecular flexibility index (Phi) is 9.68. The summed E-state index contributed by atoms with van der Waals surface area (Å²) >= 11 is 15.6. The second kappa shape index (κ2) is 13.0. The molecule has 0 unspecified atom stereocenters. The highest BCUT2D eigenvalue weighted by Gasteiger charge is 2.50. The van der Waals surface area contributed by atoms with Crippen LogP contribution in [0.3, 0.4) is 0 Å². The molecule has 1 heterocycles. The summed E-state index contributed by atoms with van der Waals surface area (Å²) in [5, 5.41) is 9.86. The van der Waals surface area contributed by atoms with Gasteiger partial charge in [0.15, 0.2) is 5.54 Å². The van der Waals surface area contributed by atoms with Gasteiger partial charge in [-0.05, 0) is 66.6 Å². The zero-order valence-electron chi connectivity index (χ0n) is 20.7. The average Bonchev–Trinajstić information content (AvgIpc) is 3.25. The van der Waals surface area contributed by atoms with Crippen LogP contribution in [0.1, 0.15) is 30.0 Å². The van der Waals surface area contributed by atoms with Crippen LogP contribution in [0.2, 0.25) is 10.0 Å². The van der Waals surface area contributed by atoms with Gasteiger partial charge in [0.1, 0.15) is 11.9 Å². The molecule has 200 valence electrons. The summed E-state index contributed by atoms with van der Waals surface area (Å²) in [6.45, 7) is 2.70. The highest BCUT2D eigenvalue weighted by atomic mass is 79.9. The van der Waals surface area contributed by atoms with E-state index in [0.29, 0.717) is 47.7 Å². The van der Waals surface area contributed by atoms with E-state index in [4.69, 9.17) is 42.8 Å². The minimum absolute atomic E-state index is 0.0748. The predicted octanol–water partition coefficient (Wildman–Crippen LogP) is 5.48. The molecule has 4 rings (SSSR count). The van der Waals surface area contributed by atoms with Crippen molar-refractivity contribution in [2.75, 3.05) is 13.2 Å². The van der Waals surface area contributed by atoms with Crippen LogP contribution in [-0.2, 0) is 22.5 Å². The van der Waals surface area contributed by atoms with Gasteiger partial charge in [0.25, 0.3) is 5.91 Å². The molecule has 3 aromatic rings. The monoisotopic (exact) mass is 619 g/mol. The van der Waals surface area contributed by atoms with Gasteiger partial charge >= 0.3 is 0 Å². The summed E-state index contributed by atoms with van der Waals surface area (Å²) in [6.07, 6.45) is 0.364. The lowest BCUT2D eigenvalue weighted by Gasteiger charge is -2.28. The maximum Gasteiger partial charge on any atom is 0.266 e. The van der Waals surface area contributed by atoms with Gasteiger partial charge in [0, 0.05) is 36.0 Å². The first-order valence-electron chi connectivity index (χ1n) is 12.1. The lowest BCUT2D eigenvalue weighted by atomic mass is 9.86. The first kappa shape index (κ1) is 28.4. The third kappa shape index (κ3) is 6.87. The molecule has 2 atom stereocenters. The van der Waals surface area contributed by atoms with Crippen LogP contribution in [0.5, 0.6) is 5.75 Å².